The van der Waals surface area contributed by atoms with Gasteiger partial charge in [0.2, 0.25) is 0 Å². The molecule has 0 radical (unpaired) electrons. The molecule has 1 atom stereocenters. The monoisotopic (exact) mass is 386 g/mol. The zero-order valence-corrected chi connectivity index (χ0v) is 15.6. The van der Waals surface area contributed by atoms with Crippen LogP contribution in [0.2, 0.25) is 10.0 Å². The first kappa shape index (κ1) is 20.0. The number of nitrogens with one attached hydrogen (secondary N) is 2. The van der Waals surface area contributed by atoms with Gasteiger partial charge in [-0.2, -0.15) is 0 Å². The Morgan fingerprint density at radius 1 is 1.04 bits per heavy atom. The molecule has 2 rings (SSSR count). The number of hydrogen-bond acceptors (Lipinski definition) is 2. The molecule has 6 heteroatoms. The lowest BCUT2D eigenvalue weighted by Gasteiger charge is -2.15. The summed E-state index contributed by atoms with van der Waals surface area (Å²) in [5.41, 5.74) is 1.30. The summed E-state index contributed by atoms with van der Waals surface area (Å²) < 4.78 is 26.4. The van der Waals surface area contributed by atoms with Crippen molar-refractivity contribution in [1.29, 1.82) is 0 Å². The average Bonchev–Trinajstić information content (AvgIpc) is 2.56. The van der Waals surface area contributed by atoms with Gasteiger partial charge in [0.15, 0.2) is 0 Å². The molecule has 0 bridgehead atoms. The molecule has 25 heavy (non-hydrogen) atoms. The van der Waals surface area contributed by atoms with Gasteiger partial charge in [0.1, 0.15) is 11.6 Å². The highest BCUT2D eigenvalue weighted by atomic mass is 35.5. The van der Waals surface area contributed by atoms with Crippen molar-refractivity contribution in [1.82, 2.24) is 5.32 Å². The van der Waals surface area contributed by atoms with Crippen molar-refractivity contribution in [2.75, 3.05) is 25.0 Å². The second-order valence-electron chi connectivity index (χ2n) is 6.12. The van der Waals surface area contributed by atoms with Crippen molar-refractivity contribution >= 4 is 28.9 Å². The number of rotatable bonds is 9. The van der Waals surface area contributed by atoms with Crippen LogP contribution in [-0.2, 0) is 6.42 Å². The quantitative estimate of drug-likeness (QED) is 0.552. The third-order valence-electron chi connectivity index (χ3n) is 3.91. The van der Waals surface area contributed by atoms with Gasteiger partial charge in [-0.25, -0.2) is 8.78 Å². The molecule has 0 heterocycles. The highest BCUT2D eigenvalue weighted by molar-refractivity contribution is 6.35. The summed E-state index contributed by atoms with van der Waals surface area (Å²) in [6.07, 6.45) is 1.75. The van der Waals surface area contributed by atoms with Crippen molar-refractivity contribution in [3.63, 3.8) is 0 Å². The highest BCUT2D eigenvalue weighted by Gasteiger charge is 2.07. The molecule has 0 aliphatic rings. The van der Waals surface area contributed by atoms with Crippen molar-refractivity contribution in [2.24, 2.45) is 5.92 Å². The molecule has 0 amide bonds. The first-order valence-electron chi connectivity index (χ1n) is 8.30. The molecule has 0 saturated heterocycles. The molecule has 0 aliphatic heterocycles. The van der Waals surface area contributed by atoms with Crippen LogP contribution >= 0.6 is 23.2 Å². The predicted molar refractivity (Wildman–Crippen MR) is 102 cm³/mol. The van der Waals surface area contributed by atoms with Crippen LogP contribution in [0.5, 0.6) is 0 Å². The zero-order valence-electron chi connectivity index (χ0n) is 14.1. The summed E-state index contributed by atoms with van der Waals surface area (Å²) >= 11 is 12.3. The van der Waals surface area contributed by atoms with Crippen LogP contribution in [0, 0.1) is 17.6 Å². The summed E-state index contributed by atoms with van der Waals surface area (Å²) in [5.74, 6) is -0.846. The van der Waals surface area contributed by atoms with Crippen LogP contribution in [-0.4, -0.2) is 19.6 Å². The lowest BCUT2D eigenvalue weighted by molar-refractivity contribution is 0.524. The Kier molecular flexibility index (Phi) is 7.94. The van der Waals surface area contributed by atoms with E-state index in [-0.39, 0.29) is 0 Å². The lowest BCUT2D eigenvalue weighted by Crippen LogP contribution is -2.27. The molecule has 0 aromatic heterocycles. The van der Waals surface area contributed by atoms with Crippen LogP contribution in [0.1, 0.15) is 18.9 Å². The van der Waals surface area contributed by atoms with Crippen LogP contribution in [0.3, 0.4) is 0 Å². The van der Waals surface area contributed by atoms with Gasteiger partial charge in [-0.1, -0.05) is 36.2 Å². The fraction of sp³-hybridized carbons (Fsp3) is 0.368. The van der Waals surface area contributed by atoms with E-state index in [2.05, 4.69) is 17.6 Å². The number of benzene rings is 2. The first-order chi connectivity index (χ1) is 12.0. The van der Waals surface area contributed by atoms with Gasteiger partial charge in [-0.3, -0.25) is 0 Å². The Labute approximate surface area is 157 Å². The maximum atomic E-state index is 13.5. The third kappa shape index (κ3) is 6.46. The van der Waals surface area contributed by atoms with E-state index in [0.717, 1.165) is 37.6 Å². The fourth-order valence-corrected chi connectivity index (χ4v) is 3.09. The normalized spacial score (nSPS) is 12.2. The number of anilines is 1. The van der Waals surface area contributed by atoms with E-state index < -0.39 is 11.6 Å². The molecule has 0 aliphatic carbocycles. The molecule has 2 nitrogen and oxygen atoms in total. The van der Waals surface area contributed by atoms with Gasteiger partial charge < -0.3 is 10.6 Å². The number of halogens is 4. The van der Waals surface area contributed by atoms with E-state index in [0.29, 0.717) is 28.2 Å². The zero-order chi connectivity index (χ0) is 18.2. The maximum absolute atomic E-state index is 13.5. The summed E-state index contributed by atoms with van der Waals surface area (Å²) in [6.45, 7) is 4.31. The Morgan fingerprint density at radius 2 is 1.76 bits per heavy atom. The SMILES string of the molecule is CC(CNCCCc1c(Cl)cccc1Cl)CNc1ccc(F)cc1F. The highest BCUT2D eigenvalue weighted by Crippen LogP contribution is 2.25. The largest absolute Gasteiger partial charge is 0.382 e. The molecule has 1 unspecified atom stereocenters. The summed E-state index contributed by atoms with van der Waals surface area (Å²) in [7, 11) is 0. The van der Waals surface area contributed by atoms with Gasteiger partial charge >= 0.3 is 0 Å². The Morgan fingerprint density at radius 3 is 2.44 bits per heavy atom. The summed E-state index contributed by atoms with van der Waals surface area (Å²) in [5, 5.41) is 7.78. The molecule has 0 spiro atoms. The standard InChI is InChI=1S/C19H22Cl2F2N2/c1-13(12-25-19-8-7-14(22)10-18(19)23)11-24-9-3-4-15-16(20)5-2-6-17(15)21/h2,5-8,10,13,24-25H,3-4,9,11-12H2,1H3. The van der Waals surface area contributed by atoms with Crippen molar-refractivity contribution in [2.45, 2.75) is 19.8 Å². The summed E-state index contributed by atoms with van der Waals surface area (Å²) in [6, 6.07) is 9.07. The van der Waals surface area contributed by atoms with E-state index in [1.54, 1.807) is 0 Å². The van der Waals surface area contributed by atoms with Gasteiger partial charge in [0, 0.05) is 22.7 Å². The average molecular weight is 387 g/mol. The van der Waals surface area contributed by atoms with Gasteiger partial charge in [0.05, 0.1) is 5.69 Å². The first-order valence-corrected chi connectivity index (χ1v) is 9.05. The molecule has 136 valence electrons. The minimum Gasteiger partial charge on any atom is -0.382 e. The van der Waals surface area contributed by atoms with Crippen LogP contribution in [0.25, 0.3) is 0 Å². The maximum Gasteiger partial charge on any atom is 0.149 e. The predicted octanol–water partition coefficient (Wildman–Crippen LogP) is 5.54. The summed E-state index contributed by atoms with van der Waals surface area (Å²) in [4.78, 5) is 0. The van der Waals surface area contributed by atoms with Gasteiger partial charge in [-0.15, -0.1) is 0 Å². The molecular formula is C19H22Cl2F2N2. The van der Waals surface area contributed by atoms with Crippen LogP contribution < -0.4 is 10.6 Å². The lowest BCUT2D eigenvalue weighted by atomic mass is 10.1. The molecule has 0 fully saturated rings. The fourth-order valence-electron chi connectivity index (χ4n) is 2.50. The Bertz CT molecular complexity index is 675. The second kappa shape index (κ2) is 9.95. The van der Waals surface area contributed by atoms with E-state index in [4.69, 9.17) is 23.2 Å². The van der Waals surface area contributed by atoms with E-state index >= 15 is 0 Å². The third-order valence-corrected chi connectivity index (χ3v) is 4.62. The van der Waals surface area contributed by atoms with Gasteiger partial charge in [-0.05, 0) is 61.7 Å². The minimum atomic E-state index is -0.573. The van der Waals surface area contributed by atoms with Crippen LogP contribution in [0.4, 0.5) is 14.5 Å². The van der Waals surface area contributed by atoms with Crippen LogP contribution in [0.15, 0.2) is 36.4 Å². The van der Waals surface area contributed by atoms with E-state index in [1.807, 2.05) is 18.2 Å². The second-order valence-corrected chi connectivity index (χ2v) is 6.93. The molecule has 2 N–H and O–H groups in total. The molecule has 2 aromatic rings. The van der Waals surface area contributed by atoms with Crippen molar-refractivity contribution in [3.05, 3.63) is 63.6 Å². The number of hydrogen-bond donors (Lipinski definition) is 2. The van der Waals surface area contributed by atoms with Crippen molar-refractivity contribution < 1.29 is 8.78 Å². The molecular weight excluding hydrogens is 365 g/mol. The Balaban J connectivity index is 1.64. The molecule has 0 saturated carbocycles. The minimum absolute atomic E-state index is 0.299. The molecule has 2 aromatic carbocycles. The topological polar surface area (TPSA) is 24.1 Å². The van der Waals surface area contributed by atoms with E-state index in [1.165, 1.54) is 12.1 Å². The van der Waals surface area contributed by atoms with E-state index in [9.17, 15) is 8.78 Å². The van der Waals surface area contributed by atoms with Crippen molar-refractivity contribution in [3.8, 4) is 0 Å². The Hall–Kier alpha value is -1.36. The smallest absolute Gasteiger partial charge is 0.149 e. The van der Waals surface area contributed by atoms with Gasteiger partial charge in [0.25, 0.3) is 0 Å².